The Bertz CT molecular complexity index is 2400. The van der Waals surface area contributed by atoms with E-state index in [0.717, 1.165) is 27.8 Å². The number of aromatic nitrogens is 3. The van der Waals surface area contributed by atoms with Crippen LogP contribution in [-0.4, -0.2) is 14.1 Å². The molecule has 0 bridgehead atoms. The molecule has 4 aromatic heterocycles. The minimum atomic E-state index is 0.926. The van der Waals surface area contributed by atoms with Gasteiger partial charge < -0.3 is 4.57 Å². The summed E-state index contributed by atoms with van der Waals surface area (Å²) in [5.74, 6) is 0.926. The zero-order valence-corrected chi connectivity index (χ0v) is 22.8. The van der Waals surface area contributed by atoms with Gasteiger partial charge in [0.05, 0.1) is 22.1 Å². The predicted octanol–water partition coefficient (Wildman–Crippen LogP) is 8.25. The number of nitrogens with zero attached hydrogens (tertiary/aromatic N) is 3. The Balaban J connectivity index is 1.45. The molecule has 4 heteroatoms. The van der Waals surface area contributed by atoms with Crippen molar-refractivity contribution in [2.75, 3.05) is 0 Å². The van der Waals surface area contributed by atoms with Crippen molar-refractivity contribution >= 4 is 83.4 Å². The van der Waals surface area contributed by atoms with Crippen molar-refractivity contribution in [2.45, 2.75) is 6.92 Å². The highest BCUT2D eigenvalue weighted by molar-refractivity contribution is 7.17. The average molecular weight is 532 g/mol. The maximum Gasteiger partial charge on any atom is 0.137 e. The Morgan fingerprint density at radius 3 is 2.12 bits per heavy atom. The van der Waals surface area contributed by atoms with E-state index in [4.69, 9.17) is 4.98 Å². The van der Waals surface area contributed by atoms with Gasteiger partial charge in [-0.25, -0.2) is 4.98 Å². The summed E-state index contributed by atoms with van der Waals surface area (Å²) in [5, 5.41) is 7.34. The van der Waals surface area contributed by atoms with Gasteiger partial charge in [0.15, 0.2) is 0 Å². The van der Waals surface area contributed by atoms with Crippen LogP contribution in [0.2, 0.25) is 0 Å². The molecule has 4 heterocycles. The van der Waals surface area contributed by atoms with E-state index in [9.17, 15) is 0 Å². The summed E-state index contributed by atoms with van der Waals surface area (Å²) in [4.78, 5) is 4.71. The maximum atomic E-state index is 4.71. The van der Waals surface area contributed by atoms with Gasteiger partial charge in [0.1, 0.15) is 5.82 Å². The van der Waals surface area contributed by atoms with Gasteiger partial charge >= 0.3 is 0 Å². The van der Waals surface area contributed by atoms with Gasteiger partial charge in [0.2, 0.25) is 0 Å². The highest BCUT2D eigenvalue weighted by Crippen LogP contribution is 2.41. The number of para-hydroxylation sites is 2. The van der Waals surface area contributed by atoms with Crippen LogP contribution in [0.25, 0.3) is 77.9 Å². The first-order valence-corrected chi connectivity index (χ1v) is 14.2. The molecule has 8 rings (SSSR count). The first-order chi connectivity index (χ1) is 19.7. The van der Waals surface area contributed by atoms with Crippen molar-refractivity contribution in [3.8, 4) is 5.82 Å². The number of fused-ring (bicyclic) bond motifs is 8. The number of allylic oxidation sites excluding steroid dienone is 2. The second-order valence-electron chi connectivity index (χ2n) is 10.2. The van der Waals surface area contributed by atoms with Crippen LogP contribution in [0.4, 0.5) is 0 Å². The van der Waals surface area contributed by atoms with E-state index >= 15 is 0 Å². The van der Waals surface area contributed by atoms with E-state index in [1.165, 1.54) is 47.2 Å². The van der Waals surface area contributed by atoms with Crippen LogP contribution in [0, 0.1) is 0 Å². The van der Waals surface area contributed by atoms with Gasteiger partial charge in [-0.1, -0.05) is 67.2 Å². The summed E-state index contributed by atoms with van der Waals surface area (Å²) in [6.45, 7) is 6.57. The van der Waals surface area contributed by atoms with Crippen LogP contribution in [0.5, 0.6) is 0 Å². The van der Waals surface area contributed by atoms with E-state index < -0.39 is 0 Å². The van der Waals surface area contributed by atoms with Crippen molar-refractivity contribution in [1.29, 1.82) is 0 Å². The summed E-state index contributed by atoms with van der Waals surface area (Å²) in [6.07, 6.45) is 6.31. The fraction of sp³-hybridized carbons (Fsp3) is 0.0278. The molecule has 8 aromatic rings. The molecule has 0 saturated heterocycles. The fourth-order valence-electron chi connectivity index (χ4n) is 6.15. The Morgan fingerprint density at radius 1 is 0.700 bits per heavy atom. The van der Waals surface area contributed by atoms with E-state index in [1.54, 1.807) is 11.3 Å². The largest absolute Gasteiger partial charge is 0.313 e. The van der Waals surface area contributed by atoms with Crippen LogP contribution in [0.3, 0.4) is 0 Å². The molecular formula is C36H25N3S. The third-order valence-electron chi connectivity index (χ3n) is 7.91. The normalized spacial score (nSPS) is 13.0. The standard InChI is InChI=1S/C36H25N3S/c1-23(18-21-32-24(2)25-11-5-8-16-33(25)40-32)38-28-14-6-3-12-26(28)35-30(38)19-20-31-36(35)27-13-4-7-15-29(27)39(31)34-17-9-10-22-37-34/h3-22H,2H2,1H3/b23-18+,32-21+. The monoisotopic (exact) mass is 531 g/mol. The lowest BCUT2D eigenvalue weighted by Gasteiger charge is -2.08. The Labute approximate surface area is 234 Å². The van der Waals surface area contributed by atoms with Gasteiger partial charge in [-0.05, 0) is 72.1 Å². The van der Waals surface area contributed by atoms with Crippen LogP contribution in [-0.2, 0) is 0 Å². The predicted molar refractivity (Wildman–Crippen MR) is 173 cm³/mol. The molecule has 0 aliphatic heterocycles. The van der Waals surface area contributed by atoms with Gasteiger partial charge in [-0.15, -0.1) is 11.3 Å². The third-order valence-corrected chi connectivity index (χ3v) is 9.09. The smallest absolute Gasteiger partial charge is 0.137 e. The molecule has 0 spiro atoms. The number of hydrogen-bond acceptors (Lipinski definition) is 2. The van der Waals surface area contributed by atoms with E-state index in [-0.39, 0.29) is 0 Å². The summed E-state index contributed by atoms with van der Waals surface area (Å²) in [6, 6.07) is 36.5. The van der Waals surface area contributed by atoms with Crippen molar-refractivity contribution in [2.24, 2.45) is 0 Å². The first kappa shape index (κ1) is 23.0. The number of thiophene rings is 1. The van der Waals surface area contributed by atoms with E-state index in [1.807, 2.05) is 18.3 Å². The molecule has 0 saturated carbocycles. The second kappa shape index (κ2) is 8.80. The van der Waals surface area contributed by atoms with Crippen LogP contribution >= 0.6 is 11.3 Å². The molecule has 0 radical (unpaired) electrons. The Kier molecular flexibility index (Phi) is 5.06. The second-order valence-corrected chi connectivity index (χ2v) is 11.2. The number of pyridine rings is 1. The summed E-state index contributed by atoms with van der Waals surface area (Å²) in [7, 11) is 0. The summed E-state index contributed by atoms with van der Waals surface area (Å²) >= 11 is 1.79. The molecular weight excluding hydrogens is 506 g/mol. The minimum absolute atomic E-state index is 0.926. The van der Waals surface area contributed by atoms with Gasteiger partial charge in [-0.3, -0.25) is 4.57 Å². The number of benzene rings is 4. The molecule has 0 fully saturated rings. The lowest BCUT2D eigenvalue weighted by molar-refractivity contribution is 1.08. The number of rotatable bonds is 3. The molecule has 190 valence electrons. The molecule has 0 N–H and O–H groups in total. The zero-order chi connectivity index (χ0) is 26.8. The Morgan fingerprint density at radius 2 is 1.35 bits per heavy atom. The van der Waals surface area contributed by atoms with Crippen LogP contribution in [0.15, 0.2) is 115 Å². The highest BCUT2D eigenvalue weighted by atomic mass is 32.1. The van der Waals surface area contributed by atoms with Gasteiger partial charge in [-0.2, -0.15) is 0 Å². The first-order valence-electron chi connectivity index (χ1n) is 13.4. The maximum absolute atomic E-state index is 4.71. The molecule has 0 unspecified atom stereocenters. The van der Waals surface area contributed by atoms with E-state index in [0.29, 0.717) is 0 Å². The molecule has 0 amide bonds. The quantitative estimate of drug-likeness (QED) is 0.225. The summed E-state index contributed by atoms with van der Waals surface area (Å²) in [5.41, 5.74) is 5.89. The fourth-order valence-corrected chi connectivity index (χ4v) is 7.21. The number of hydrogen-bond donors (Lipinski definition) is 0. The lowest BCUT2D eigenvalue weighted by Crippen LogP contribution is -2.15. The topological polar surface area (TPSA) is 22.8 Å². The molecule has 0 atom stereocenters. The summed E-state index contributed by atoms with van der Waals surface area (Å²) < 4.78 is 7.14. The Hall–Kier alpha value is -4.93. The average Bonchev–Trinajstić information content (AvgIpc) is 3.63. The lowest BCUT2D eigenvalue weighted by atomic mass is 10.1. The highest BCUT2D eigenvalue weighted by Gasteiger charge is 2.20. The van der Waals surface area contributed by atoms with Gasteiger partial charge in [0.25, 0.3) is 0 Å². The molecule has 0 aliphatic carbocycles. The molecule has 3 nitrogen and oxygen atoms in total. The molecule has 4 aromatic carbocycles. The van der Waals surface area contributed by atoms with Crippen molar-refractivity contribution in [1.82, 2.24) is 14.1 Å². The SMILES string of the molecule is C=c1/c(=C\C=C(/C)n2c3ccccc3c3c4c5ccccc5n(-c5ccccn5)c4ccc32)sc2ccccc12. The molecule has 40 heavy (non-hydrogen) atoms. The molecule has 0 aliphatic rings. The van der Waals surface area contributed by atoms with Crippen LogP contribution < -0.4 is 9.75 Å². The van der Waals surface area contributed by atoms with Gasteiger partial charge in [0, 0.05) is 42.7 Å². The van der Waals surface area contributed by atoms with E-state index in [2.05, 4.69) is 126 Å². The van der Waals surface area contributed by atoms with Crippen molar-refractivity contribution < 1.29 is 0 Å². The van der Waals surface area contributed by atoms with Crippen molar-refractivity contribution in [3.63, 3.8) is 0 Å². The third kappa shape index (κ3) is 3.26. The van der Waals surface area contributed by atoms with Crippen LogP contribution in [0.1, 0.15) is 6.92 Å². The zero-order valence-electron chi connectivity index (χ0n) is 22.0. The van der Waals surface area contributed by atoms with Crippen molar-refractivity contribution in [3.05, 3.63) is 125 Å². The minimum Gasteiger partial charge on any atom is -0.313 e.